The minimum atomic E-state index is -0.0854. The van der Waals surface area contributed by atoms with Crippen LogP contribution in [0.15, 0.2) is 35.3 Å². The first-order valence-electron chi connectivity index (χ1n) is 5.37. The Morgan fingerprint density at radius 3 is 2.88 bits per heavy atom. The van der Waals surface area contributed by atoms with Crippen molar-refractivity contribution < 1.29 is 9.90 Å². The normalized spacial score (nSPS) is 10.1. The number of halogens is 1. The highest BCUT2D eigenvalue weighted by Gasteiger charge is 2.16. The summed E-state index contributed by atoms with van der Waals surface area (Å²) in [6.07, 6.45) is 1.65. The average molecular weight is 298 g/mol. The average Bonchev–Trinajstić information content (AvgIpc) is 2.31. The molecule has 0 heterocycles. The molecule has 0 aromatic heterocycles. The summed E-state index contributed by atoms with van der Waals surface area (Å²) < 4.78 is 0.869. The topological polar surface area (TPSA) is 40.5 Å². The van der Waals surface area contributed by atoms with Crippen LogP contribution in [-0.4, -0.2) is 35.6 Å². The molecule has 0 saturated carbocycles. The predicted octanol–water partition coefficient (Wildman–Crippen LogP) is 2.38. The second-order valence-corrected chi connectivity index (χ2v) is 4.64. The standard InChI is InChI=1S/C13H16BrNO2/c1-3-6-15(7-8-16)13(17)12-9-11(14)5-4-10(12)2/h3-5,9,16H,1,6-8H2,2H3. The minimum absolute atomic E-state index is 0.0490. The lowest BCUT2D eigenvalue weighted by atomic mass is 10.1. The molecule has 0 spiro atoms. The Morgan fingerprint density at radius 2 is 2.29 bits per heavy atom. The molecule has 1 aromatic carbocycles. The van der Waals surface area contributed by atoms with Crippen LogP contribution >= 0.6 is 15.9 Å². The van der Waals surface area contributed by atoms with Crippen LogP contribution in [-0.2, 0) is 0 Å². The molecule has 0 saturated heterocycles. The first-order chi connectivity index (χ1) is 8.10. The van der Waals surface area contributed by atoms with Crippen molar-refractivity contribution in [3.63, 3.8) is 0 Å². The van der Waals surface area contributed by atoms with E-state index in [-0.39, 0.29) is 12.5 Å². The van der Waals surface area contributed by atoms with Gasteiger partial charge in [-0.15, -0.1) is 6.58 Å². The lowest BCUT2D eigenvalue weighted by molar-refractivity contribution is 0.0742. The lowest BCUT2D eigenvalue weighted by Gasteiger charge is -2.21. The molecule has 4 heteroatoms. The summed E-state index contributed by atoms with van der Waals surface area (Å²) in [7, 11) is 0. The van der Waals surface area contributed by atoms with Crippen molar-refractivity contribution in [2.24, 2.45) is 0 Å². The Hall–Kier alpha value is -1.13. The highest BCUT2D eigenvalue weighted by atomic mass is 79.9. The third-order valence-electron chi connectivity index (χ3n) is 2.44. The zero-order valence-corrected chi connectivity index (χ0v) is 11.4. The minimum Gasteiger partial charge on any atom is -0.395 e. The SMILES string of the molecule is C=CCN(CCO)C(=O)c1cc(Br)ccc1C. The Bertz CT molecular complexity index is 418. The number of hydrogen-bond acceptors (Lipinski definition) is 2. The Kier molecular flexibility index (Phi) is 5.38. The molecule has 0 radical (unpaired) electrons. The number of carbonyl (C=O) groups excluding carboxylic acids is 1. The number of aliphatic hydroxyl groups is 1. The van der Waals surface area contributed by atoms with Crippen molar-refractivity contribution in [2.75, 3.05) is 19.7 Å². The molecular weight excluding hydrogens is 282 g/mol. The highest BCUT2D eigenvalue weighted by molar-refractivity contribution is 9.10. The smallest absolute Gasteiger partial charge is 0.254 e. The van der Waals surface area contributed by atoms with Crippen molar-refractivity contribution in [1.29, 1.82) is 0 Å². The molecule has 1 rings (SSSR count). The fourth-order valence-electron chi connectivity index (χ4n) is 1.55. The maximum absolute atomic E-state index is 12.2. The van der Waals surface area contributed by atoms with Gasteiger partial charge in [0.2, 0.25) is 0 Å². The molecule has 92 valence electrons. The molecule has 0 atom stereocenters. The number of aliphatic hydroxyl groups excluding tert-OH is 1. The predicted molar refractivity (Wildman–Crippen MR) is 72.1 cm³/mol. The number of nitrogens with zero attached hydrogens (tertiary/aromatic N) is 1. The first kappa shape index (κ1) is 13.9. The molecule has 0 aliphatic heterocycles. The second-order valence-electron chi connectivity index (χ2n) is 3.72. The van der Waals surface area contributed by atoms with Gasteiger partial charge < -0.3 is 10.0 Å². The van der Waals surface area contributed by atoms with Gasteiger partial charge in [0, 0.05) is 23.1 Å². The molecule has 0 unspecified atom stereocenters. The summed E-state index contributed by atoms with van der Waals surface area (Å²) in [6.45, 7) is 6.21. The number of hydrogen-bond donors (Lipinski definition) is 1. The summed E-state index contributed by atoms with van der Waals surface area (Å²) in [4.78, 5) is 13.8. The third kappa shape index (κ3) is 3.68. The molecule has 1 amide bonds. The van der Waals surface area contributed by atoms with Gasteiger partial charge in [0.05, 0.1) is 6.61 Å². The van der Waals surface area contributed by atoms with Gasteiger partial charge >= 0.3 is 0 Å². The second kappa shape index (κ2) is 6.57. The largest absolute Gasteiger partial charge is 0.395 e. The van der Waals surface area contributed by atoms with Crippen LogP contribution in [0.25, 0.3) is 0 Å². The van der Waals surface area contributed by atoms with Crippen molar-refractivity contribution in [3.05, 3.63) is 46.5 Å². The number of amides is 1. The van der Waals surface area contributed by atoms with E-state index in [0.29, 0.717) is 18.7 Å². The number of aryl methyl sites for hydroxylation is 1. The Labute approximate surface area is 110 Å². The van der Waals surface area contributed by atoms with Gasteiger partial charge in [-0.1, -0.05) is 28.1 Å². The zero-order chi connectivity index (χ0) is 12.8. The van der Waals surface area contributed by atoms with Crippen LogP contribution in [0.4, 0.5) is 0 Å². The summed E-state index contributed by atoms with van der Waals surface area (Å²) in [5.41, 5.74) is 1.57. The van der Waals surface area contributed by atoms with Crippen LogP contribution in [0.3, 0.4) is 0 Å². The molecule has 17 heavy (non-hydrogen) atoms. The van der Waals surface area contributed by atoms with Crippen molar-refractivity contribution in [3.8, 4) is 0 Å². The molecule has 3 nitrogen and oxygen atoms in total. The van der Waals surface area contributed by atoms with E-state index in [1.165, 1.54) is 0 Å². The monoisotopic (exact) mass is 297 g/mol. The summed E-state index contributed by atoms with van der Waals surface area (Å²) in [6, 6.07) is 5.59. The Balaban J connectivity index is 2.99. The third-order valence-corrected chi connectivity index (χ3v) is 2.93. The van der Waals surface area contributed by atoms with Gasteiger partial charge in [-0.2, -0.15) is 0 Å². The van der Waals surface area contributed by atoms with Crippen LogP contribution in [0.5, 0.6) is 0 Å². The van der Waals surface area contributed by atoms with E-state index in [0.717, 1.165) is 10.0 Å². The molecule has 0 fully saturated rings. The van der Waals surface area contributed by atoms with E-state index in [1.54, 1.807) is 17.0 Å². The maximum Gasteiger partial charge on any atom is 0.254 e. The van der Waals surface area contributed by atoms with Crippen molar-refractivity contribution in [1.82, 2.24) is 4.90 Å². The molecule has 0 aliphatic carbocycles. The number of benzene rings is 1. The molecular formula is C13H16BrNO2. The van der Waals surface area contributed by atoms with E-state index >= 15 is 0 Å². The van der Waals surface area contributed by atoms with Crippen molar-refractivity contribution in [2.45, 2.75) is 6.92 Å². The molecule has 1 aromatic rings. The van der Waals surface area contributed by atoms with E-state index in [4.69, 9.17) is 5.11 Å². The fraction of sp³-hybridized carbons (Fsp3) is 0.308. The van der Waals surface area contributed by atoms with E-state index in [9.17, 15) is 4.79 Å². The van der Waals surface area contributed by atoms with E-state index in [2.05, 4.69) is 22.5 Å². The van der Waals surface area contributed by atoms with Gasteiger partial charge in [-0.25, -0.2) is 0 Å². The van der Waals surface area contributed by atoms with Gasteiger partial charge in [-0.3, -0.25) is 4.79 Å². The zero-order valence-electron chi connectivity index (χ0n) is 9.82. The van der Waals surface area contributed by atoms with Gasteiger partial charge in [0.15, 0.2) is 0 Å². The number of rotatable bonds is 5. The summed E-state index contributed by atoms with van der Waals surface area (Å²) in [5.74, 6) is -0.0854. The highest BCUT2D eigenvalue weighted by Crippen LogP contribution is 2.17. The van der Waals surface area contributed by atoms with Crippen LogP contribution < -0.4 is 0 Å². The van der Waals surface area contributed by atoms with Gasteiger partial charge in [-0.05, 0) is 24.6 Å². The number of carbonyl (C=O) groups is 1. The maximum atomic E-state index is 12.2. The van der Waals surface area contributed by atoms with Crippen LogP contribution in [0, 0.1) is 6.92 Å². The lowest BCUT2D eigenvalue weighted by Crippen LogP contribution is -2.34. The summed E-state index contributed by atoms with van der Waals surface area (Å²) in [5, 5.41) is 8.95. The fourth-order valence-corrected chi connectivity index (χ4v) is 1.91. The quantitative estimate of drug-likeness (QED) is 0.848. The molecule has 0 bridgehead atoms. The Morgan fingerprint density at radius 1 is 1.59 bits per heavy atom. The molecule has 1 N–H and O–H groups in total. The van der Waals surface area contributed by atoms with E-state index in [1.807, 2.05) is 19.1 Å². The van der Waals surface area contributed by atoms with Crippen LogP contribution in [0.2, 0.25) is 0 Å². The van der Waals surface area contributed by atoms with Crippen LogP contribution in [0.1, 0.15) is 15.9 Å². The van der Waals surface area contributed by atoms with Gasteiger partial charge in [0.1, 0.15) is 0 Å². The van der Waals surface area contributed by atoms with Gasteiger partial charge in [0.25, 0.3) is 5.91 Å². The summed E-state index contributed by atoms with van der Waals surface area (Å²) >= 11 is 3.35. The molecule has 0 aliphatic rings. The van der Waals surface area contributed by atoms with E-state index < -0.39 is 0 Å². The first-order valence-corrected chi connectivity index (χ1v) is 6.16. The van der Waals surface area contributed by atoms with Crippen molar-refractivity contribution >= 4 is 21.8 Å².